The van der Waals surface area contributed by atoms with Crippen LogP contribution in [0.4, 0.5) is 0 Å². The predicted octanol–water partition coefficient (Wildman–Crippen LogP) is 2.08. The summed E-state index contributed by atoms with van der Waals surface area (Å²) in [5.41, 5.74) is 1.67. The molecule has 0 aliphatic carbocycles. The predicted molar refractivity (Wildman–Crippen MR) is 69.6 cm³/mol. The third-order valence-corrected chi connectivity index (χ3v) is 3.32. The van der Waals surface area contributed by atoms with Crippen molar-refractivity contribution in [2.24, 2.45) is 0 Å². The highest BCUT2D eigenvalue weighted by molar-refractivity contribution is 6.33. The van der Waals surface area contributed by atoms with E-state index < -0.39 is 0 Å². The second-order valence-corrected chi connectivity index (χ2v) is 5.00. The summed E-state index contributed by atoms with van der Waals surface area (Å²) in [6.45, 7) is 6.37. The molecule has 1 saturated heterocycles. The Hall–Kier alpha value is -1.06. The van der Waals surface area contributed by atoms with Crippen molar-refractivity contribution in [2.75, 3.05) is 19.6 Å². The Labute approximate surface area is 107 Å². The van der Waals surface area contributed by atoms with Gasteiger partial charge in [-0.2, -0.15) is 0 Å². The molecule has 1 fully saturated rings. The van der Waals surface area contributed by atoms with E-state index in [9.17, 15) is 4.79 Å². The summed E-state index contributed by atoms with van der Waals surface area (Å²) in [5, 5.41) is 3.86. The van der Waals surface area contributed by atoms with Crippen molar-refractivity contribution >= 4 is 17.5 Å². The molecule has 1 unspecified atom stereocenters. The van der Waals surface area contributed by atoms with Gasteiger partial charge in [-0.1, -0.05) is 17.7 Å². The lowest BCUT2D eigenvalue weighted by Gasteiger charge is -2.32. The van der Waals surface area contributed by atoms with Gasteiger partial charge in [-0.25, -0.2) is 0 Å². The SMILES string of the molecule is Cc1ccc(C(=O)N2CCNC(C)C2)c(Cl)c1. The summed E-state index contributed by atoms with van der Waals surface area (Å²) >= 11 is 6.12. The van der Waals surface area contributed by atoms with Crippen molar-refractivity contribution in [2.45, 2.75) is 19.9 Å². The van der Waals surface area contributed by atoms with Crippen LogP contribution in [-0.4, -0.2) is 36.5 Å². The van der Waals surface area contributed by atoms with Crippen molar-refractivity contribution in [1.82, 2.24) is 10.2 Å². The Balaban J connectivity index is 2.18. The second-order valence-electron chi connectivity index (χ2n) is 4.59. The Morgan fingerprint density at radius 2 is 2.29 bits per heavy atom. The number of carbonyl (C=O) groups excluding carboxylic acids is 1. The molecule has 1 atom stereocenters. The van der Waals surface area contributed by atoms with E-state index in [1.54, 1.807) is 0 Å². The van der Waals surface area contributed by atoms with Gasteiger partial charge in [0.15, 0.2) is 0 Å². The van der Waals surface area contributed by atoms with Gasteiger partial charge in [0, 0.05) is 25.7 Å². The van der Waals surface area contributed by atoms with Gasteiger partial charge in [0.25, 0.3) is 5.91 Å². The Morgan fingerprint density at radius 3 is 2.94 bits per heavy atom. The van der Waals surface area contributed by atoms with E-state index in [-0.39, 0.29) is 5.91 Å². The molecule has 1 aromatic carbocycles. The van der Waals surface area contributed by atoms with Crippen molar-refractivity contribution in [3.05, 3.63) is 34.3 Å². The molecule has 1 heterocycles. The molecule has 0 saturated carbocycles. The first kappa shape index (κ1) is 12.4. The number of carbonyl (C=O) groups is 1. The standard InChI is InChI=1S/C13H17ClN2O/c1-9-3-4-11(12(14)7-9)13(17)16-6-5-15-10(2)8-16/h3-4,7,10,15H,5-6,8H2,1-2H3. The first-order valence-electron chi connectivity index (χ1n) is 5.87. The first-order chi connectivity index (χ1) is 8.08. The largest absolute Gasteiger partial charge is 0.336 e. The van der Waals surface area contributed by atoms with Crippen LogP contribution < -0.4 is 5.32 Å². The minimum absolute atomic E-state index is 0.0309. The lowest BCUT2D eigenvalue weighted by Crippen LogP contribution is -2.51. The molecule has 4 heteroatoms. The topological polar surface area (TPSA) is 32.3 Å². The zero-order valence-corrected chi connectivity index (χ0v) is 10.9. The molecular formula is C13H17ClN2O. The summed E-state index contributed by atoms with van der Waals surface area (Å²) < 4.78 is 0. The van der Waals surface area contributed by atoms with Gasteiger partial charge in [-0.05, 0) is 31.5 Å². The van der Waals surface area contributed by atoms with E-state index in [1.807, 2.05) is 30.0 Å². The van der Waals surface area contributed by atoms with Crippen LogP contribution in [0.1, 0.15) is 22.8 Å². The number of amides is 1. The van der Waals surface area contributed by atoms with Gasteiger partial charge >= 0.3 is 0 Å². The highest BCUT2D eigenvalue weighted by Gasteiger charge is 2.22. The second kappa shape index (κ2) is 5.07. The molecule has 0 aromatic heterocycles. The summed E-state index contributed by atoms with van der Waals surface area (Å²) in [4.78, 5) is 14.1. The molecule has 0 bridgehead atoms. The average molecular weight is 253 g/mol. The quantitative estimate of drug-likeness (QED) is 0.830. The lowest BCUT2D eigenvalue weighted by molar-refractivity contribution is 0.0709. The molecule has 1 amide bonds. The van der Waals surface area contributed by atoms with Crippen LogP contribution in [0.3, 0.4) is 0 Å². The van der Waals surface area contributed by atoms with E-state index in [2.05, 4.69) is 12.2 Å². The number of hydrogen-bond acceptors (Lipinski definition) is 2. The minimum Gasteiger partial charge on any atom is -0.336 e. The fourth-order valence-corrected chi connectivity index (χ4v) is 2.40. The van der Waals surface area contributed by atoms with E-state index in [0.717, 1.165) is 25.2 Å². The number of rotatable bonds is 1. The molecular weight excluding hydrogens is 236 g/mol. The van der Waals surface area contributed by atoms with Crippen LogP contribution in [0.15, 0.2) is 18.2 Å². The molecule has 0 spiro atoms. The van der Waals surface area contributed by atoms with Crippen molar-refractivity contribution < 1.29 is 4.79 Å². The molecule has 3 nitrogen and oxygen atoms in total. The van der Waals surface area contributed by atoms with E-state index >= 15 is 0 Å². The average Bonchev–Trinajstić information content (AvgIpc) is 2.28. The maximum atomic E-state index is 12.3. The number of nitrogens with zero attached hydrogens (tertiary/aromatic N) is 1. The van der Waals surface area contributed by atoms with Crippen molar-refractivity contribution in [3.63, 3.8) is 0 Å². The maximum Gasteiger partial charge on any atom is 0.255 e. The molecule has 1 aromatic rings. The van der Waals surface area contributed by atoms with E-state index in [0.29, 0.717) is 16.6 Å². The minimum atomic E-state index is 0.0309. The number of piperazine rings is 1. The Kier molecular flexibility index (Phi) is 3.69. The monoisotopic (exact) mass is 252 g/mol. The molecule has 92 valence electrons. The normalized spacial score (nSPS) is 20.4. The zero-order valence-electron chi connectivity index (χ0n) is 10.2. The number of hydrogen-bond donors (Lipinski definition) is 1. The molecule has 17 heavy (non-hydrogen) atoms. The maximum absolute atomic E-state index is 12.3. The van der Waals surface area contributed by atoms with Crippen LogP contribution in [0.5, 0.6) is 0 Å². The van der Waals surface area contributed by atoms with Crippen LogP contribution in [-0.2, 0) is 0 Å². The highest BCUT2D eigenvalue weighted by atomic mass is 35.5. The zero-order chi connectivity index (χ0) is 12.4. The number of halogens is 1. The van der Waals surface area contributed by atoms with Crippen molar-refractivity contribution in [1.29, 1.82) is 0 Å². The number of nitrogens with one attached hydrogen (secondary N) is 1. The van der Waals surface area contributed by atoms with E-state index in [4.69, 9.17) is 11.6 Å². The lowest BCUT2D eigenvalue weighted by atomic mass is 10.1. The Morgan fingerprint density at radius 1 is 1.53 bits per heavy atom. The first-order valence-corrected chi connectivity index (χ1v) is 6.24. The van der Waals surface area contributed by atoms with Crippen LogP contribution in [0.2, 0.25) is 5.02 Å². The summed E-state index contributed by atoms with van der Waals surface area (Å²) in [7, 11) is 0. The number of benzene rings is 1. The van der Waals surface area contributed by atoms with Crippen molar-refractivity contribution in [3.8, 4) is 0 Å². The van der Waals surface area contributed by atoms with Gasteiger partial charge in [-0.15, -0.1) is 0 Å². The molecule has 1 aliphatic rings. The fraction of sp³-hybridized carbons (Fsp3) is 0.462. The summed E-state index contributed by atoms with van der Waals surface area (Å²) in [6, 6.07) is 5.91. The van der Waals surface area contributed by atoms with Gasteiger partial charge < -0.3 is 10.2 Å². The highest BCUT2D eigenvalue weighted by Crippen LogP contribution is 2.19. The molecule has 1 N–H and O–H groups in total. The van der Waals surface area contributed by atoms with Crippen LogP contribution >= 0.6 is 11.6 Å². The van der Waals surface area contributed by atoms with Gasteiger partial charge in [0.2, 0.25) is 0 Å². The van der Waals surface area contributed by atoms with E-state index in [1.165, 1.54) is 0 Å². The van der Waals surface area contributed by atoms with Crippen LogP contribution in [0, 0.1) is 6.92 Å². The Bertz CT molecular complexity index is 433. The number of aryl methyl sites for hydroxylation is 1. The van der Waals surface area contributed by atoms with Gasteiger partial charge in [0.1, 0.15) is 0 Å². The van der Waals surface area contributed by atoms with Gasteiger partial charge in [-0.3, -0.25) is 4.79 Å². The van der Waals surface area contributed by atoms with Gasteiger partial charge in [0.05, 0.1) is 10.6 Å². The van der Waals surface area contributed by atoms with Crippen LogP contribution in [0.25, 0.3) is 0 Å². The third kappa shape index (κ3) is 2.79. The summed E-state index contributed by atoms with van der Waals surface area (Å²) in [6.07, 6.45) is 0. The molecule has 2 rings (SSSR count). The summed E-state index contributed by atoms with van der Waals surface area (Å²) in [5.74, 6) is 0.0309. The molecule has 1 aliphatic heterocycles. The third-order valence-electron chi connectivity index (χ3n) is 3.01. The molecule has 0 radical (unpaired) electrons. The fourth-order valence-electron chi connectivity index (χ4n) is 2.08. The smallest absolute Gasteiger partial charge is 0.255 e.